The molecule has 0 unspecified atom stereocenters. The maximum Gasteiger partial charge on any atom is 0.245 e. The van der Waals surface area contributed by atoms with Crippen LogP contribution < -0.4 is 4.90 Å². The van der Waals surface area contributed by atoms with Gasteiger partial charge in [-0.15, -0.1) is 0 Å². The summed E-state index contributed by atoms with van der Waals surface area (Å²) in [6.45, 7) is 8.03. The third-order valence-corrected chi connectivity index (χ3v) is 4.91. The van der Waals surface area contributed by atoms with Crippen LogP contribution in [-0.4, -0.2) is 40.8 Å². The van der Waals surface area contributed by atoms with Crippen molar-refractivity contribution in [3.05, 3.63) is 47.3 Å². The topological polar surface area (TPSA) is 45.6 Å². The summed E-state index contributed by atoms with van der Waals surface area (Å²) in [5.74, 6) is 0.0533. The molecule has 3 rings (SSSR count). The van der Waals surface area contributed by atoms with Gasteiger partial charge in [-0.2, -0.15) is 0 Å². The van der Waals surface area contributed by atoms with Gasteiger partial charge in [0.2, 0.25) is 5.91 Å². The molecule has 132 valence electrons. The van der Waals surface area contributed by atoms with E-state index in [1.165, 1.54) is 0 Å². The second kappa shape index (κ2) is 6.84. The van der Waals surface area contributed by atoms with Gasteiger partial charge in [0.1, 0.15) is 5.69 Å². The van der Waals surface area contributed by atoms with E-state index < -0.39 is 0 Å². The molecule has 0 aliphatic carbocycles. The predicted molar refractivity (Wildman–Crippen MR) is 99.6 cm³/mol. The highest BCUT2D eigenvalue weighted by Crippen LogP contribution is 2.39. The molecule has 0 fully saturated rings. The van der Waals surface area contributed by atoms with E-state index in [1.807, 2.05) is 49.0 Å². The molecule has 1 aromatic heterocycles. The molecule has 0 atom stereocenters. The van der Waals surface area contributed by atoms with Gasteiger partial charge < -0.3 is 4.57 Å². The fraction of sp³-hybridized carbons (Fsp3) is 0.400. The highest BCUT2D eigenvalue weighted by atomic mass is 16.2. The molecule has 1 aromatic carbocycles. The number of para-hydroxylation sites is 1. The highest BCUT2D eigenvalue weighted by molar-refractivity contribution is 6.13. The van der Waals surface area contributed by atoms with Crippen molar-refractivity contribution in [2.75, 3.05) is 24.5 Å². The van der Waals surface area contributed by atoms with Crippen LogP contribution in [0.2, 0.25) is 0 Å². The van der Waals surface area contributed by atoms with E-state index in [0.717, 1.165) is 35.6 Å². The first-order valence-electron chi connectivity index (χ1n) is 8.80. The number of hydrogen-bond donors (Lipinski definition) is 0. The third-order valence-electron chi connectivity index (χ3n) is 4.91. The van der Waals surface area contributed by atoms with Crippen molar-refractivity contribution >= 4 is 23.1 Å². The number of likely N-dealkylation sites (N-methyl/N-ethyl adjacent to an activating group) is 1. The zero-order valence-corrected chi connectivity index (χ0v) is 15.4. The Morgan fingerprint density at radius 2 is 1.88 bits per heavy atom. The molecule has 2 heterocycles. The molecule has 5 nitrogen and oxygen atoms in total. The number of amides is 1. The summed E-state index contributed by atoms with van der Waals surface area (Å²) >= 11 is 0. The lowest BCUT2D eigenvalue weighted by Crippen LogP contribution is -2.38. The molecule has 25 heavy (non-hydrogen) atoms. The van der Waals surface area contributed by atoms with Gasteiger partial charge in [-0.3, -0.25) is 19.4 Å². The van der Waals surface area contributed by atoms with Gasteiger partial charge in [0.05, 0.1) is 17.9 Å². The summed E-state index contributed by atoms with van der Waals surface area (Å²) in [4.78, 5) is 29.9. The molecule has 1 aliphatic heterocycles. The SMILES string of the molecule is CCN(CC)CC(=O)N1c2ccccc2CC(=O)c2c1c(C)cn2C. The average Bonchev–Trinajstić information content (AvgIpc) is 2.80. The van der Waals surface area contributed by atoms with Gasteiger partial charge in [-0.25, -0.2) is 0 Å². The maximum absolute atomic E-state index is 13.2. The fourth-order valence-electron chi connectivity index (χ4n) is 3.60. The summed E-state index contributed by atoms with van der Waals surface area (Å²) in [6, 6.07) is 7.71. The fourth-order valence-corrected chi connectivity index (χ4v) is 3.60. The number of ketones is 1. The molecular formula is C20H25N3O2. The van der Waals surface area contributed by atoms with Crippen molar-refractivity contribution in [2.45, 2.75) is 27.2 Å². The summed E-state index contributed by atoms with van der Waals surface area (Å²) in [5, 5.41) is 0. The summed E-state index contributed by atoms with van der Waals surface area (Å²) < 4.78 is 1.84. The maximum atomic E-state index is 13.2. The second-order valence-electron chi connectivity index (χ2n) is 6.54. The molecule has 0 saturated carbocycles. The normalized spacial score (nSPS) is 13.6. The van der Waals surface area contributed by atoms with E-state index in [4.69, 9.17) is 0 Å². The molecule has 2 aromatic rings. The Labute approximate surface area is 148 Å². The van der Waals surface area contributed by atoms with Gasteiger partial charge in [0.15, 0.2) is 5.78 Å². The van der Waals surface area contributed by atoms with Gasteiger partial charge >= 0.3 is 0 Å². The first kappa shape index (κ1) is 17.4. The number of hydrogen-bond acceptors (Lipinski definition) is 3. The van der Waals surface area contributed by atoms with Crippen molar-refractivity contribution in [3.8, 4) is 0 Å². The van der Waals surface area contributed by atoms with E-state index >= 15 is 0 Å². The Kier molecular flexibility index (Phi) is 4.77. The molecule has 0 N–H and O–H groups in total. The summed E-state index contributed by atoms with van der Waals surface area (Å²) in [5.41, 5.74) is 4.00. The van der Waals surface area contributed by atoms with Gasteiger partial charge in [0.25, 0.3) is 0 Å². The molecule has 1 aliphatic rings. The smallest absolute Gasteiger partial charge is 0.245 e. The number of fused-ring (bicyclic) bond motifs is 2. The Morgan fingerprint density at radius 3 is 2.56 bits per heavy atom. The lowest BCUT2D eigenvalue weighted by atomic mass is 10.1. The Bertz CT molecular complexity index is 818. The monoisotopic (exact) mass is 339 g/mol. The summed E-state index contributed by atoms with van der Waals surface area (Å²) in [7, 11) is 1.87. The van der Waals surface area contributed by atoms with Crippen molar-refractivity contribution in [3.63, 3.8) is 0 Å². The van der Waals surface area contributed by atoms with E-state index in [2.05, 4.69) is 18.7 Å². The van der Waals surface area contributed by atoms with Gasteiger partial charge in [-0.05, 0) is 37.2 Å². The minimum atomic E-state index is 0.00130. The number of carbonyl (C=O) groups is 2. The van der Waals surface area contributed by atoms with Crippen LogP contribution in [0.3, 0.4) is 0 Å². The number of rotatable bonds is 4. The standard InChI is InChI=1S/C20H25N3O2/c1-5-22(6-2)13-18(25)23-16-10-8-7-9-15(16)11-17(24)20-19(23)14(3)12-21(20)4/h7-10,12H,5-6,11,13H2,1-4H3. The van der Waals surface area contributed by atoms with Crippen LogP contribution in [0.1, 0.15) is 35.5 Å². The Morgan fingerprint density at radius 1 is 1.20 bits per heavy atom. The lowest BCUT2D eigenvalue weighted by molar-refractivity contribution is -0.119. The number of aryl methyl sites for hydroxylation is 2. The largest absolute Gasteiger partial charge is 0.346 e. The second-order valence-corrected chi connectivity index (χ2v) is 6.54. The van der Waals surface area contributed by atoms with E-state index in [9.17, 15) is 9.59 Å². The van der Waals surface area contributed by atoms with Crippen LogP contribution in [0.4, 0.5) is 11.4 Å². The molecule has 0 spiro atoms. The Balaban J connectivity index is 2.17. The van der Waals surface area contributed by atoms with E-state index in [0.29, 0.717) is 18.7 Å². The number of carbonyl (C=O) groups excluding carboxylic acids is 2. The number of anilines is 2. The molecule has 0 saturated heterocycles. The van der Waals surface area contributed by atoms with Crippen LogP contribution in [-0.2, 0) is 18.3 Å². The zero-order chi connectivity index (χ0) is 18.1. The number of benzene rings is 1. The molecule has 1 amide bonds. The van der Waals surface area contributed by atoms with E-state index in [1.54, 1.807) is 4.90 Å². The minimum absolute atomic E-state index is 0.00130. The first-order valence-corrected chi connectivity index (χ1v) is 8.80. The van der Waals surface area contributed by atoms with Gasteiger partial charge in [0, 0.05) is 19.7 Å². The third kappa shape index (κ3) is 3.00. The van der Waals surface area contributed by atoms with Crippen molar-refractivity contribution in [2.24, 2.45) is 7.05 Å². The van der Waals surface area contributed by atoms with Crippen LogP contribution in [0.25, 0.3) is 0 Å². The first-order chi connectivity index (χ1) is 12.0. The Hall–Kier alpha value is -2.40. The molecular weight excluding hydrogens is 314 g/mol. The molecule has 5 heteroatoms. The number of aromatic nitrogens is 1. The number of nitrogens with zero attached hydrogens (tertiary/aromatic N) is 3. The van der Waals surface area contributed by atoms with Crippen LogP contribution >= 0.6 is 0 Å². The average molecular weight is 339 g/mol. The van der Waals surface area contributed by atoms with Crippen molar-refractivity contribution in [1.82, 2.24) is 9.47 Å². The molecule has 0 radical (unpaired) electrons. The zero-order valence-electron chi connectivity index (χ0n) is 15.4. The van der Waals surface area contributed by atoms with Crippen molar-refractivity contribution in [1.29, 1.82) is 0 Å². The van der Waals surface area contributed by atoms with Crippen LogP contribution in [0, 0.1) is 6.92 Å². The highest BCUT2D eigenvalue weighted by Gasteiger charge is 2.33. The summed E-state index contributed by atoms with van der Waals surface area (Å²) in [6.07, 6.45) is 2.24. The molecule has 0 bridgehead atoms. The quantitative estimate of drug-likeness (QED) is 0.860. The predicted octanol–water partition coefficient (Wildman–Crippen LogP) is 3.08. The number of Topliss-reactive ketones (excluding diaryl/α,β-unsaturated/α-hetero) is 1. The van der Waals surface area contributed by atoms with Crippen LogP contribution in [0.15, 0.2) is 30.5 Å². The van der Waals surface area contributed by atoms with Crippen molar-refractivity contribution < 1.29 is 9.59 Å². The van der Waals surface area contributed by atoms with Gasteiger partial charge in [-0.1, -0.05) is 32.0 Å². The van der Waals surface area contributed by atoms with Crippen LogP contribution in [0.5, 0.6) is 0 Å². The van der Waals surface area contributed by atoms with E-state index in [-0.39, 0.29) is 11.7 Å². The lowest BCUT2D eigenvalue weighted by Gasteiger charge is -2.27. The minimum Gasteiger partial charge on any atom is -0.346 e.